The molecule has 11 N–H and O–H groups in total. The Balaban J connectivity index is 1.38. The number of aliphatic carboxylic acids is 2. The fraction of sp³-hybridized carbons (Fsp3) is 0.741. The first-order valence-electron chi connectivity index (χ1n) is 29.5. The van der Waals surface area contributed by atoms with Gasteiger partial charge in [-0.3, -0.25) is 43.7 Å². The van der Waals surface area contributed by atoms with Crippen molar-refractivity contribution in [2.24, 2.45) is 17.6 Å². The summed E-state index contributed by atoms with van der Waals surface area (Å²) in [6.07, 6.45) is 22.2. The van der Waals surface area contributed by atoms with Gasteiger partial charge in [-0.15, -0.1) is 0 Å². The summed E-state index contributed by atoms with van der Waals surface area (Å²) >= 11 is 0. The minimum absolute atomic E-state index is 0.0597. The molecule has 6 amide bonds. The van der Waals surface area contributed by atoms with Gasteiger partial charge in [0.05, 0.1) is 58.3 Å². The number of benzene rings is 1. The summed E-state index contributed by atoms with van der Waals surface area (Å²) in [7, 11) is 0. The Bertz CT molecular complexity index is 1970. The molecular formula is C58H97N7O16. The molecule has 1 saturated carbocycles. The molecular weight excluding hydrogens is 1050 g/mol. The minimum atomic E-state index is -1.22. The molecule has 1 aromatic rings. The molecule has 460 valence electrons. The van der Waals surface area contributed by atoms with Crippen LogP contribution in [0.2, 0.25) is 0 Å². The average Bonchev–Trinajstić information content (AvgIpc) is 3.44. The molecule has 0 spiro atoms. The van der Waals surface area contributed by atoms with Gasteiger partial charge < -0.3 is 66.6 Å². The fourth-order valence-corrected chi connectivity index (χ4v) is 9.15. The van der Waals surface area contributed by atoms with Gasteiger partial charge in [-0.25, -0.2) is 4.79 Å². The average molecular weight is 1150 g/mol. The van der Waals surface area contributed by atoms with E-state index in [4.69, 9.17) is 29.8 Å². The predicted molar refractivity (Wildman–Crippen MR) is 303 cm³/mol. The smallest absolute Gasteiger partial charge is 0.326 e. The Labute approximate surface area is 478 Å². The van der Waals surface area contributed by atoms with Gasteiger partial charge in [0.1, 0.15) is 25.0 Å². The number of hydrogen-bond acceptors (Lipinski definition) is 15. The highest BCUT2D eigenvalue weighted by Crippen LogP contribution is 2.29. The largest absolute Gasteiger partial charge is 0.508 e. The van der Waals surface area contributed by atoms with Crippen LogP contribution in [0.25, 0.3) is 0 Å². The molecule has 0 radical (unpaired) electrons. The zero-order valence-electron chi connectivity index (χ0n) is 48.1. The number of hydrogen-bond donors (Lipinski definition) is 10. The van der Waals surface area contributed by atoms with Gasteiger partial charge in [-0.2, -0.15) is 0 Å². The number of amides is 6. The zero-order chi connectivity index (χ0) is 59.3. The Morgan fingerprint density at radius 2 is 1.04 bits per heavy atom. The van der Waals surface area contributed by atoms with Gasteiger partial charge in [0.15, 0.2) is 5.78 Å². The molecule has 23 heteroatoms. The minimum Gasteiger partial charge on any atom is -0.508 e. The van der Waals surface area contributed by atoms with E-state index in [1.165, 1.54) is 83.3 Å². The van der Waals surface area contributed by atoms with Crippen molar-refractivity contribution in [2.45, 2.75) is 186 Å². The van der Waals surface area contributed by atoms with Gasteiger partial charge in [0.2, 0.25) is 35.4 Å². The Hall–Kier alpha value is -5.75. The lowest BCUT2D eigenvalue weighted by Crippen LogP contribution is -2.49. The molecule has 0 aromatic heterocycles. The van der Waals surface area contributed by atoms with E-state index in [0.29, 0.717) is 25.8 Å². The summed E-state index contributed by atoms with van der Waals surface area (Å²) in [5, 5.41) is 44.2. The van der Waals surface area contributed by atoms with Crippen LogP contribution in [0, 0.1) is 11.8 Å². The van der Waals surface area contributed by atoms with Crippen molar-refractivity contribution in [3.63, 3.8) is 0 Å². The molecule has 2 rings (SSSR count). The summed E-state index contributed by atoms with van der Waals surface area (Å²) < 4.78 is 21.4. The molecule has 23 nitrogen and oxygen atoms in total. The quantitative estimate of drug-likeness (QED) is 0.0410. The maximum absolute atomic E-state index is 13.0. The van der Waals surface area contributed by atoms with E-state index < -0.39 is 41.9 Å². The van der Waals surface area contributed by atoms with Crippen LogP contribution in [0.1, 0.15) is 167 Å². The number of primary amides is 1. The van der Waals surface area contributed by atoms with E-state index in [1.807, 2.05) is 0 Å². The van der Waals surface area contributed by atoms with E-state index in [-0.39, 0.29) is 145 Å². The molecule has 0 unspecified atom stereocenters. The molecule has 1 aromatic carbocycles. The lowest BCUT2D eigenvalue weighted by atomic mass is 9.81. The predicted octanol–water partition coefficient (Wildman–Crippen LogP) is 4.13. The van der Waals surface area contributed by atoms with Gasteiger partial charge in [0, 0.05) is 44.8 Å². The number of aromatic hydroxyl groups is 1. The first kappa shape index (κ1) is 71.4. The Kier molecular flexibility index (Phi) is 40.4. The lowest BCUT2D eigenvalue weighted by Gasteiger charge is -2.28. The van der Waals surface area contributed by atoms with Crippen molar-refractivity contribution >= 4 is 53.2 Å². The van der Waals surface area contributed by atoms with E-state index >= 15 is 0 Å². The summed E-state index contributed by atoms with van der Waals surface area (Å²) in [6, 6.07) is 3.35. The molecule has 1 aliphatic carbocycles. The van der Waals surface area contributed by atoms with Gasteiger partial charge in [-0.1, -0.05) is 102 Å². The number of phenols is 1. The number of nitrogens with one attached hydrogen (secondary N) is 6. The number of rotatable bonds is 51. The Morgan fingerprint density at radius 3 is 1.56 bits per heavy atom. The topological polar surface area (TPSA) is 349 Å². The van der Waals surface area contributed by atoms with Crippen molar-refractivity contribution in [1.29, 1.82) is 0 Å². The number of ketones is 1. The molecule has 1 aliphatic rings. The molecule has 1 fully saturated rings. The number of carboxylic acids is 2. The second kappa shape index (κ2) is 45.8. The number of ether oxygens (including phenoxy) is 4. The number of carboxylic acid groups (broad SMARTS) is 2. The van der Waals surface area contributed by atoms with Crippen molar-refractivity contribution < 1.29 is 77.4 Å². The second-order valence-electron chi connectivity index (χ2n) is 21.0. The van der Waals surface area contributed by atoms with Crippen molar-refractivity contribution in [1.82, 2.24) is 31.9 Å². The highest BCUT2D eigenvalue weighted by Gasteiger charge is 2.30. The molecule has 81 heavy (non-hydrogen) atoms. The maximum Gasteiger partial charge on any atom is 0.326 e. The summed E-state index contributed by atoms with van der Waals surface area (Å²) in [4.78, 5) is 109. The fourth-order valence-electron chi connectivity index (χ4n) is 9.15. The van der Waals surface area contributed by atoms with E-state index in [1.54, 1.807) is 12.1 Å². The van der Waals surface area contributed by atoms with Crippen molar-refractivity contribution in [2.75, 3.05) is 79.0 Å². The Morgan fingerprint density at radius 1 is 0.556 bits per heavy atom. The first-order chi connectivity index (χ1) is 39.0. The molecule has 0 heterocycles. The van der Waals surface area contributed by atoms with Crippen LogP contribution in [0.4, 0.5) is 0 Å². The number of carbonyl (C=O) groups is 9. The highest BCUT2D eigenvalue weighted by atomic mass is 16.5. The number of unbranched alkanes of at least 4 members (excludes halogenated alkanes) is 15. The summed E-state index contributed by atoms with van der Waals surface area (Å²) in [6.45, 7) is 2.57. The maximum atomic E-state index is 13.0. The summed E-state index contributed by atoms with van der Waals surface area (Å²) in [5.41, 5.74) is 6.20. The van der Waals surface area contributed by atoms with Crippen LogP contribution in [0.3, 0.4) is 0 Å². The van der Waals surface area contributed by atoms with Gasteiger partial charge in [-0.05, 0) is 81.9 Å². The third kappa shape index (κ3) is 38.6. The number of Topliss-reactive ketones (excluding diaryl/α,β-unsaturated/α-hetero) is 1. The third-order valence-corrected chi connectivity index (χ3v) is 14.1. The van der Waals surface area contributed by atoms with Crippen LogP contribution in [0.15, 0.2) is 24.3 Å². The number of nitrogens with two attached hydrogens (primary N) is 1. The molecule has 3 atom stereocenters. The summed E-state index contributed by atoms with van der Waals surface area (Å²) in [5.74, 6) is -4.47. The first-order valence-corrected chi connectivity index (χ1v) is 29.5. The van der Waals surface area contributed by atoms with Crippen LogP contribution < -0.4 is 37.6 Å². The van der Waals surface area contributed by atoms with E-state index in [2.05, 4.69) is 31.9 Å². The second-order valence-corrected chi connectivity index (χ2v) is 21.0. The van der Waals surface area contributed by atoms with Gasteiger partial charge in [0.25, 0.3) is 0 Å². The molecule has 0 bridgehead atoms. The monoisotopic (exact) mass is 1150 g/mol. The number of carbonyl (C=O) groups excluding carboxylic acids is 7. The normalized spacial score (nSPS) is 15.2. The van der Waals surface area contributed by atoms with E-state index in [0.717, 1.165) is 56.9 Å². The van der Waals surface area contributed by atoms with Crippen LogP contribution >= 0.6 is 0 Å². The van der Waals surface area contributed by atoms with E-state index in [9.17, 15) is 53.4 Å². The molecule has 0 saturated heterocycles. The van der Waals surface area contributed by atoms with Crippen molar-refractivity contribution in [3.8, 4) is 5.75 Å². The van der Waals surface area contributed by atoms with Crippen LogP contribution in [-0.2, 0) is 68.5 Å². The SMILES string of the molecule is C[C@H](NC(=O)COCCOCCNC(=O)COCCOCCNC(=O)CC[C@H](NC(=O)[C@H]1CC[C@H](CNC(=O)CCCCCCCCCCCCCCCCCCC(=O)O)CC1)C(=O)O)C(=O)CN[C@@H](Cc1ccc(O)cc1)C(N)=O. The molecule has 0 aliphatic heterocycles. The zero-order valence-corrected chi connectivity index (χ0v) is 48.1. The van der Waals surface area contributed by atoms with Crippen LogP contribution in [-0.4, -0.2) is 166 Å². The van der Waals surface area contributed by atoms with Crippen molar-refractivity contribution in [3.05, 3.63) is 29.8 Å². The standard InChI is InChI=1S/C58H97N7O16/c1-43(50(67)40-62-49(56(59)74)38-44-22-26-47(66)27-23-44)64-54(71)42-81-37-35-79-33-31-61-53(70)41-80-36-34-78-32-30-60-52(69)29-28-48(58(76)77)65-57(75)46-24-20-45(21-25-46)39-63-51(68)18-16-14-12-10-8-6-4-2-3-5-7-9-11-13-15-17-19-55(72)73/h22-23,26-27,43,45-46,48-49,62,66H,2-21,24-25,28-42H2,1H3,(H2,59,74)(H,60,69)(H,61,70)(H,63,68)(H,64,71)(H,65,75)(H,72,73)(H,76,77)/t43-,45-,46-,48-,49-/m0/s1. The number of phenolic OH excluding ortho intramolecular Hbond substituents is 1. The third-order valence-electron chi connectivity index (χ3n) is 14.1. The van der Waals surface area contributed by atoms with Gasteiger partial charge >= 0.3 is 11.9 Å². The highest BCUT2D eigenvalue weighted by molar-refractivity contribution is 5.91. The van der Waals surface area contributed by atoms with Crippen LogP contribution in [0.5, 0.6) is 5.75 Å². The lowest BCUT2D eigenvalue weighted by molar-refractivity contribution is -0.143.